The molecule has 23 heavy (non-hydrogen) atoms. The maximum Gasteiger partial charge on any atom is 0.341 e. The number of ether oxygens (including phenoxy) is 1. The maximum absolute atomic E-state index is 12.1. The fourth-order valence-corrected chi connectivity index (χ4v) is 3.11. The number of hydrogen-bond donors (Lipinski definition) is 1. The number of nitrogens with one attached hydrogen (secondary N) is 1. The van der Waals surface area contributed by atoms with Crippen LogP contribution in [0.25, 0.3) is 6.08 Å². The molecule has 5 heteroatoms. The van der Waals surface area contributed by atoms with E-state index in [9.17, 15) is 9.59 Å². The predicted molar refractivity (Wildman–Crippen MR) is 93.9 cm³/mol. The molecule has 1 aromatic carbocycles. The van der Waals surface area contributed by atoms with Gasteiger partial charge in [0.1, 0.15) is 5.00 Å². The molecule has 1 heterocycles. The largest absolute Gasteiger partial charge is 0.462 e. The molecule has 0 saturated carbocycles. The van der Waals surface area contributed by atoms with Crippen molar-refractivity contribution in [2.45, 2.75) is 20.8 Å². The lowest BCUT2D eigenvalue weighted by Gasteiger charge is -2.05. The van der Waals surface area contributed by atoms with Gasteiger partial charge in [0.2, 0.25) is 5.91 Å². The molecule has 0 bridgehead atoms. The van der Waals surface area contributed by atoms with Crippen LogP contribution in [-0.4, -0.2) is 18.5 Å². The van der Waals surface area contributed by atoms with E-state index >= 15 is 0 Å². The number of carbonyl (C=O) groups is 2. The minimum atomic E-state index is -0.406. The highest BCUT2D eigenvalue weighted by Crippen LogP contribution is 2.33. The van der Waals surface area contributed by atoms with E-state index in [-0.39, 0.29) is 5.91 Å². The summed E-state index contributed by atoms with van der Waals surface area (Å²) in [7, 11) is 0. The number of benzene rings is 1. The number of anilines is 1. The lowest BCUT2D eigenvalue weighted by atomic mass is 10.1. The molecule has 2 aromatic rings. The zero-order valence-corrected chi connectivity index (χ0v) is 14.2. The molecular weight excluding hydrogens is 310 g/mol. The second-order valence-electron chi connectivity index (χ2n) is 4.94. The lowest BCUT2D eigenvalue weighted by molar-refractivity contribution is -0.111. The Balaban J connectivity index is 2.16. The van der Waals surface area contributed by atoms with E-state index < -0.39 is 5.97 Å². The highest BCUT2D eigenvalue weighted by Gasteiger charge is 2.21. The van der Waals surface area contributed by atoms with Crippen LogP contribution in [0.3, 0.4) is 0 Å². The Morgan fingerprint density at radius 2 is 1.91 bits per heavy atom. The number of amides is 1. The molecule has 2 rings (SSSR count). The van der Waals surface area contributed by atoms with E-state index in [2.05, 4.69) is 5.32 Å². The Morgan fingerprint density at radius 1 is 1.22 bits per heavy atom. The first-order valence-corrected chi connectivity index (χ1v) is 8.15. The number of rotatable bonds is 5. The van der Waals surface area contributed by atoms with Crippen molar-refractivity contribution in [3.63, 3.8) is 0 Å². The number of thiophene rings is 1. The Bertz CT molecular complexity index is 732. The van der Waals surface area contributed by atoms with Crippen LogP contribution in [0.1, 0.15) is 33.3 Å². The van der Waals surface area contributed by atoms with Crippen LogP contribution in [0.5, 0.6) is 0 Å². The lowest BCUT2D eigenvalue weighted by Crippen LogP contribution is -2.12. The number of esters is 1. The first-order chi connectivity index (χ1) is 11.0. The summed E-state index contributed by atoms with van der Waals surface area (Å²) in [6.45, 7) is 5.83. The van der Waals surface area contributed by atoms with Crippen molar-refractivity contribution in [1.29, 1.82) is 0 Å². The van der Waals surface area contributed by atoms with Gasteiger partial charge in [-0.3, -0.25) is 4.79 Å². The van der Waals surface area contributed by atoms with Crippen LogP contribution < -0.4 is 5.32 Å². The molecule has 1 N–H and O–H groups in total. The number of aryl methyl sites for hydroxylation is 1. The normalized spacial score (nSPS) is 10.7. The monoisotopic (exact) mass is 329 g/mol. The van der Waals surface area contributed by atoms with Crippen molar-refractivity contribution in [1.82, 2.24) is 0 Å². The predicted octanol–water partition coefficient (Wildman–Crippen LogP) is 4.19. The Kier molecular flexibility index (Phi) is 5.71. The standard InChI is InChI=1S/C18H19NO3S/c1-4-22-18(21)16-12(2)13(3)23-17(16)19-15(20)11-10-14-8-6-5-7-9-14/h5-11H,4H2,1-3H3,(H,19,20). The van der Waals surface area contributed by atoms with Crippen molar-refractivity contribution in [3.05, 3.63) is 58.0 Å². The second-order valence-corrected chi connectivity index (χ2v) is 6.17. The van der Waals surface area contributed by atoms with E-state index in [0.29, 0.717) is 17.2 Å². The molecule has 4 nitrogen and oxygen atoms in total. The third-order valence-electron chi connectivity index (χ3n) is 3.33. The van der Waals surface area contributed by atoms with Crippen LogP contribution in [-0.2, 0) is 9.53 Å². The smallest absolute Gasteiger partial charge is 0.341 e. The molecule has 0 aliphatic carbocycles. The first-order valence-electron chi connectivity index (χ1n) is 7.34. The Hall–Kier alpha value is -2.40. The maximum atomic E-state index is 12.1. The van der Waals surface area contributed by atoms with Crippen LogP contribution in [0.4, 0.5) is 5.00 Å². The summed E-state index contributed by atoms with van der Waals surface area (Å²) >= 11 is 1.38. The van der Waals surface area contributed by atoms with Gasteiger partial charge in [0.05, 0.1) is 12.2 Å². The van der Waals surface area contributed by atoms with Gasteiger partial charge in [0, 0.05) is 11.0 Å². The average Bonchev–Trinajstić information content (AvgIpc) is 2.81. The summed E-state index contributed by atoms with van der Waals surface area (Å²) in [6, 6.07) is 9.55. The van der Waals surface area contributed by atoms with Crippen LogP contribution in [0.15, 0.2) is 36.4 Å². The molecule has 0 aliphatic rings. The molecule has 120 valence electrons. The number of carbonyl (C=O) groups excluding carboxylic acids is 2. The molecule has 0 atom stereocenters. The molecule has 0 unspecified atom stereocenters. The van der Waals surface area contributed by atoms with Crippen molar-refractivity contribution in [2.75, 3.05) is 11.9 Å². The molecule has 1 amide bonds. The van der Waals surface area contributed by atoms with Crippen LogP contribution in [0.2, 0.25) is 0 Å². The zero-order valence-electron chi connectivity index (χ0n) is 13.4. The fraction of sp³-hybridized carbons (Fsp3) is 0.222. The zero-order chi connectivity index (χ0) is 16.8. The van der Waals surface area contributed by atoms with Gasteiger partial charge in [-0.05, 0) is 38.0 Å². The van der Waals surface area contributed by atoms with E-state index in [1.54, 1.807) is 13.0 Å². The highest BCUT2D eigenvalue weighted by atomic mass is 32.1. The molecular formula is C18H19NO3S. The number of hydrogen-bond acceptors (Lipinski definition) is 4. The highest BCUT2D eigenvalue weighted by molar-refractivity contribution is 7.16. The molecule has 0 aliphatic heterocycles. The van der Waals surface area contributed by atoms with Gasteiger partial charge in [0.15, 0.2) is 0 Å². The van der Waals surface area contributed by atoms with E-state index in [0.717, 1.165) is 16.0 Å². The Labute approximate surface area is 139 Å². The quantitative estimate of drug-likeness (QED) is 0.661. The van der Waals surface area contributed by atoms with Crippen molar-refractivity contribution < 1.29 is 14.3 Å². The van der Waals surface area contributed by atoms with Gasteiger partial charge in [-0.25, -0.2) is 4.79 Å². The topological polar surface area (TPSA) is 55.4 Å². The molecule has 1 aromatic heterocycles. The van der Waals surface area contributed by atoms with Gasteiger partial charge in [-0.15, -0.1) is 11.3 Å². The third kappa shape index (κ3) is 4.29. The summed E-state index contributed by atoms with van der Waals surface area (Å²) in [5.74, 6) is -0.683. The summed E-state index contributed by atoms with van der Waals surface area (Å²) in [5, 5.41) is 3.30. The van der Waals surface area contributed by atoms with Gasteiger partial charge in [0.25, 0.3) is 0 Å². The summed E-state index contributed by atoms with van der Waals surface area (Å²) in [4.78, 5) is 25.2. The van der Waals surface area contributed by atoms with Crippen LogP contribution >= 0.6 is 11.3 Å². The van der Waals surface area contributed by atoms with Gasteiger partial charge < -0.3 is 10.1 Å². The first kappa shape index (κ1) is 17.0. The van der Waals surface area contributed by atoms with E-state index in [1.165, 1.54) is 17.4 Å². The summed E-state index contributed by atoms with van der Waals surface area (Å²) in [6.07, 6.45) is 3.18. The molecule has 0 spiro atoms. The molecule has 0 fully saturated rings. The van der Waals surface area contributed by atoms with Crippen LogP contribution in [0, 0.1) is 13.8 Å². The van der Waals surface area contributed by atoms with Gasteiger partial charge >= 0.3 is 5.97 Å². The van der Waals surface area contributed by atoms with Gasteiger partial charge in [-0.2, -0.15) is 0 Å². The van der Waals surface area contributed by atoms with E-state index in [4.69, 9.17) is 4.74 Å². The fourth-order valence-electron chi connectivity index (χ4n) is 2.05. The average molecular weight is 329 g/mol. The SMILES string of the molecule is CCOC(=O)c1c(NC(=O)C=Cc2ccccc2)sc(C)c1C. The van der Waals surface area contributed by atoms with Gasteiger partial charge in [-0.1, -0.05) is 30.3 Å². The van der Waals surface area contributed by atoms with Crippen molar-refractivity contribution in [2.24, 2.45) is 0 Å². The molecule has 0 radical (unpaired) electrons. The van der Waals surface area contributed by atoms with E-state index in [1.807, 2.05) is 44.2 Å². The Morgan fingerprint density at radius 3 is 2.57 bits per heavy atom. The van der Waals surface area contributed by atoms with Crippen molar-refractivity contribution >= 4 is 34.3 Å². The summed E-state index contributed by atoms with van der Waals surface area (Å²) in [5.41, 5.74) is 2.22. The second kappa shape index (κ2) is 7.74. The summed E-state index contributed by atoms with van der Waals surface area (Å²) < 4.78 is 5.07. The third-order valence-corrected chi connectivity index (χ3v) is 4.45. The van der Waals surface area contributed by atoms with Crippen molar-refractivity contribution in [3.8, 4) is 0 Å². The minimum Gasteiger partial charge on any atom is -0.462 e. The molecule has 0 saturated heterocycles. The minimum absolute atomic E-state index is 0.277.